The fraction of sp³-hybridized carbons (Fsp3) is 0.389. The van der Waals surface area contributed by atoms with Crippen LogP contribution in [0.25, 0.3) is 0 Å². The lowest BCUT2D eigenvalue weighted by Crippen LogP contribution is -2.47. The van der Waals surface area contributed by atoms with E-state index in [9.17, 15) is 9.59 Å². The second-order valence-electron chi connectivity index (χ2n) is 5.66. The molecule has 7 nitrogen and oxygen atoms in total. The number of nitrogens with zero attached hydrogens (tertiary/aromatic N) is 3. The third kappa shape index (κ3) is 4.82. The maximum Gasteiger partial charge on any atom is 0.330 e. The van der Waals surface area contributed by atoms with Gasteiger partial charge in [0.15, 0.2) is 0 Å². The molecule has 0 aliphatic heterocycles. The molecule has 0 aliphatic carbocycles. The predicted octanol–water partition coefficient (Wildman–Crippen LogP) is 3.23. The van der Waals surface area contributed by atoms with E-state index in [0.717, 1.165) is 0 Å². The Bertz CT molecular complexity index is 679. The third-order valence-corrected chi connectivity index (χ3v) is 3.73. The number of carbonyl (C=O) groups is 2. The van der Waals surface area contributed by atoms with Crippen LogP contribution < -0.4 is 0 Å². The van der Waals surface area contributed by atoms with Gasteiger partial charge in [0.2, 0.25) is 0 Å². The quantitative estimate of drug-likeness (QED) is 0.542. The van der Waals surface area contributed by atoms with Crippen molar-refractivity contribution in [1.29, 1.82) is 0 Å². The molecule has 2 rings (SSSR count). The number of esters is 1. The van der Waals surface area contributed by atoms with Gasteiger partial charge in [0, 0.05) is 18.8 Å². The van der Waals surface area contributed by atoms with Gasteiger partial charge in [-0.15, -0.1) is 6.58 Å². The van der Waals surface area contributed by atoms with E-state index < -0.39 is 12.0 Å². The van der Waals surface area contributed by atoms with E-state index >= 15 is 0 Å². The van der Waals surface area contributed by atoms with Gasteiger partial charge in [-0.05, 0) is 25.5 Å². The van der Waals surface area contributed by atoms with Gasteiger partial charge in [-0.3, -0.25) is 4.57 Å². The molecule has 2 unspecified atom stereocenters. The van der Waals surface area contributed by atoms with Crippen LogP contribution in [0.5, 0.6) is 0 Å². The Morgan fingerprint density at radius 2 is 2.32 bits per heavy atom. The van der Waals surface area contributed by atoms with E-state index in [2.05, 4.69) is 11.6 Å². The molecule has 2 aromatic heterocycles. The van der Waals surface area contributed by atoms with Crippen LogP contribution in [0.1, 0.15) is 32.4 Å². The summed E-state index contributed by atoms with van der Waals surface area (Å²) in [6, 6.07) is 2.40. The molecule has 2 heterocycles. The zero-order valence-corrected chi connectivity index (χ0v) is 14.5. The smallest absolute Gasteiger partial charge is 0.330 e. The number of furan rings is 1. The number of hydrogen-bond acceptors (Lipinski definition) is 5. The maximum absolute atomic E-state index is 12.8. The van der Waals surface area contributed by atoms with Crippen molar-refractivity contribution in [3.05, 3.63) is 55.5 Å². The molecule has 0 aromatic carbocycles. The summed E-state index contributed by atoms with van der Waals surface area (Å²) in [4.78, 5) is 30.8. The van der Waals surface area contributed by atoms with E-state index in [1.807, 2.05) is 6.92 Å². The Balaban J connectivity index is 2.23. The van der Waals surface area contributed by atoms with Gasteiger partial charge in [0.1, 0.15) is 24.2 Å². The zero-order valence-electron chi connectivity index (χ0n) is 14.5. The summed E-state index contributed by atoms with van der Waals surface area (Å²) in [5.41, 5.74) is 0. The Labute approximate surface area is 146 Å². The Morgan fingerprint density at radius 3 is 2.88 bits per heavy atom. The summed E-state index contributed by atoms with van der Waals surface area (Å²) in [5, 5.41) is 0. The monoisotopic (exact) mass is 345 g/mol. The minimum atomic E-state index is -0.729. The van der Waals surface area contributed by atoms with Crippen molar-refractivity contribution < 1.29 is 18.7 Å². The highest BCUT2D eigenvalue weighted by atomic mass is 16.5. The normalized spacial score (nSPS) is 13.0. The molecule has 2 aromatic rings. The first kappa shape index (κ1) is 18.5. The second-order valence-corrected chi connectivity index (χ2v) is 5.66. The fourth-order valence-electron chi connectivity index (χ4n) is 2.48. The average molecular weight is 345 g/mol. The summed E-state index contributed by atoms with van der Waals surface area (Å²) in [5.74, 6) is 0.135. The predicted molar refractivity (Wildman–Crippen MR) is 91.7 cm³/mol. The van der Waals surface area contributed by atoms with Crippen molar-refractivity contribution in [1.82, 2.24) is 14.5 Å². The highest BCUT2D eigenvalue weighted by molar-refractivity contribution is 5.84. The summed E-state index contributed by atoms with van der Waals surface area (Å²) < 4.78 is 12.1. The third-order valence-electron chi connectivity index (χ3n) is 3.73. The van der Waals surface area contributed by atoms with Crippen LogP contribution in [0.4, 0.5) is 4.79 Å². The van der Waals surface area contributed by atoms with Crippen molar-refractivity contribution in [3.63, 3.8) is 0 Å². The molecule has 0 fully saturated rings. The topological polar surface area (TPSA) is 77.6 Å². The molecule has 0 aliphatic rings. The van der Waals surface area contributed by atoms with Gasteiger partial charge in [-0.25, -0.2) is 14.6 Å². The largest absolute Gasteiger partial charge is 0.467 e. The number of ether oxygens (including phenoxy) is 1. The Morgan fingerprint density at radius 1 is 1.52 bits per heavy atom. The van der Waals surface area contributed by atoms with Crippen LogP contribution in [-0.4, -0.2) is 38.6 Å². The number of rotatable bonds is 8. The molecule has 134 valence electrons. The molecule has 2 atom stereocenters. The number of amides is 1. The first-order valence-electron chi connectivity index (χ1n) is 8.19. The fourth-order valence-corrected chi connectivity index (χ4v) is 2.48. The molecule has 0 radical (unpaired) electrons. The van der Waals surface area contributed by atoms with Crippen LogP contribution in [0.3, 0.4) is 0 Å². The van der Waals surface area contributed by atoms with Crippen LogP contribution in [0.15, 0.2) is 54.2 Å². The zero-order chi connectivity index (χ0) is 18.2. The molecule has 0 saturated heterocycles. The highest BCUT2D eigenvalue weighted by Crippen LogP contribution is 2.16. The molecule has 1 amide bonds. The number of hydrogen-bond donors (Lipinski definition) is 0. The van der Waals surface area contributed by atoms with Gasteiger partial charge >= 0.3 is 12.0 Å². The van der Waals surface area contributed by atoms with Gasteiger partial charge in [-0.2, -0.15) is 0 Å². The van der Waals surface area contributed by atoms with E-state index in [1.54, 1.807) is 25.1 Å². The molecule has 7 heteroatoms. The van der Waals surface area contributed by atoms with Crippen LogP contribution >= 0.6 is 0 Å². The van der Waals surface area contributed by atoms with Crippen molar-refractivity contribution in [2.75, 3.05) is 0 Å². The van der Waals surface area contributed by atoms with E-state index in [0.29, 0.717) is 18.6 Å². The highest BCUT2D eigenvalue weighted by Gasteiger charge is 2.32. The van der Waals surface area contributed by atoms with Crippen LogP contribution in [-0.2, 0) is 16.1 Å². The van der Waals surface area contributed by atoms with E-state index in [4.69, 9.17) is 9.15 Å². The van der Waals surface area contributed by atoms with Crippen molar-refractivity contribution >= 4 is 12.0 Å². The minimum absolute atomic E-state index is 0.160. The molecular formula is C18H23N3O4. The Kier molecular flexibility index (Phi) is 6.56. The summed E-state index contributed by atoms with van der Waals surface area (Å²) >= 11 is 0. The summed E-state index contributed by atoms with van der Waals surface area (Å²) in [6.45, 7) is 7.43. The van der Waals surface area contributed by atoms with E-state index in [-0.39, 0.29) is 18.7 Å². The van der Waals surface area contributed by atoms with Crippen LogP contribution in [0.2, 0.25) is 0 Å². The first-order valence-corrected chi connectivity index (χ1v) is 8.19. The first-order chi connectivity index (χ1) is 12.1. The summed E-state index contributed by atoms with van der Waals surface area (Å²) in [6.07, 6.45) is 8.33. The van der Waals surface area contributed by atoms with Crippen LogP contribution in [0, 0.1) is 0 Å². The second kappa shape index (κ2) is 8.86. The lowest BCUT2D eigenvalue weighted by Gasteiger charge is -2.29. The molecule has 0 bridgehead atoms. The average Bonchev–Trinajstić information content (AvgIpc) is 3.28. The summed E-state index contributed by atoms with van der Waals surface area (Å²) in [7, 11) is 0. The van der Waals surface area contributed by atoms with Crippen molar-refractivity contribution in [3.8, 4) is 0 Å². The standard InChI is InChI=1S/C18H23N3O4/c1-4-7-14(3)25-17(22)16(5-2)21(12-15-8-6-11-24-15)18(23)20-10-9-19-13-20/h4,6,8-11,13-14,16H,1,5,7,12H2,2-3H3. The lowest BCUT2D eigenvalue weighted by atomic mass is 10.2. The van der Waals surface area contributed by atoms with Gasteiger partial charge in [-0.1, -0.05) is 13.0 Å². The van der Waals surface area contributed by atoms with Crippen molar-refractivity contribution in [2.24, 2.45) is 0 Å². The number of imidazole rings is 1. The van der Waals surface area contributed by atoms with Gasteiger partial charge < -0.3 is 14.1 Å². The van der Waals surface area contributed by atoms with Gasteiger partial charge in [0.25, 0.3) is 0 Å². The minimum Gasteiger partial charge on any atom is -0.467 e. The van der Waals surface area contributed by atoms with E-state index in [1.165, 1.54) is 34.5 Å². The molecular weight excluding hydrogens is 322 g/mol. The Hall–Kier alpha value is -2.83. The molecule has 25 heavy (non-hydrogen) atoms. The van der Waals surface area contributed by atoms with Gasteiger partial charge in [0.05, 0.1) is 12.8 Å². The molecule has 0 spiro atoms. The molecule has 0 saturated carbocycles. The van der Waals surface area contributed by atoms with Crippen molar-refractivity contribution in [2.45, 2.75) is 45.4 Å². The number of carbonyl (C=O) groups excluding carboxylic acids is 2. The number of aromatic nitrogens is 2. The maximum atomic E-state index is 12.8. The SMILES string of the molecule is C=CCC(C)OC(=O)C(CC)N(Cc1ccco1)C(=O)n1ccnc1. The lowest BCUT2D eigenvalue weighted by molar-refractivity contribution is -0.153. The molecule has 0 N–H and O–H groups in total.